The van der Waals surface area contributed by atoms with E-state index in [4.69, 9.17) is 0 Å². The zero-order valence-electron chi connectivity index (χ0n) is 11.3. The van der Waals surface area contributed by atoms with E-state index < -0.39 is 0 Å². The molecule has 2 N–H and O–H groups in total. The monoisotopic (exact) mass is 280 g/mol. The van der Waals surface area contributed by atoms with Gasteiger partial charge in [-0.3, -0.25) is 9.59 Å². The maximum atomic E-state index is 12.1. The Kier molecular flexibility index (Phi) is 3.19. The molecule has 0 aliphatic rings. The Morgan fingerprint density at radius 1 is 1.10 bits per heavy atom. The van der Waals surface area contributed by atoms with Gasteiger partial charge in [-0.25, -0.2) is 9.97 Å². The summed E-state index contributed by atoms with van der Waals surface area (Å²) >= 11 is 0. The van der Waals surface area contributed by atoms with Crippen molar-refractivity contribution < 1.29 is 9.59 Å². The lowest BCUT2D eigenvalue weighted by atomic mass is 10.1. The average molecular weight is 280 g/mol. The Labute approximate surface area is 120 Å². The van der Waals surface area contributed by atoms with Crippen LogP contribution in [0.4, 0.5) is 5.69 Å². The summed E-state index contributed by atoms with van der Waals surface area (Å²) in [6.07, 6.45) is 3.00. The zero-order valence-corrected chi connectivity index (χ0v) is 11.3. The minimum Gasteiger partial charge on any atom is -0.343 e. The highest BCUT2D eigenvalue weighted by Crippen LogP contribution is 2.13. The highest BCUT2D eigenvalue weighted by molar-refractivity contribution is 6.05. The first-order valence-electron chi connectivity index (χ1n) is 6.35. The summed E-state index contributed by atoms with van der Waals surface area (Å²) in [5.74, 6) is -0.281. The topological polar surface area (TPSA) is 87.7 Å². The second kappa shape index (κ2) is 5.16. The van der Waals surface area contributed by atoms with Gasteiger partial charge in [-0.15, -0.1) is 0 Å². The van der Waals surface area contributed by atoms with Gasteiger partial charge in [0.05, 0.1) is 17.4 Å². The van der Waals surface area contributed by atoms with E-state index in [1.807, 2.05) is 0 Å². The van der Waals surface area contributed by atoms with Crippen LogP contribution in [0.25, 0.3) is 11.2 Å². The van der Waals surface area contributed by atoms with Crippen LogP contribution in [0.1, 0.15) is 27.6 Å². The van der Waals surface area contributed by atoms with E-state index in [9.17, 15) is 9.59 Å². The first kappa shape index (κ1) is 13.0. The van der Waals surface area contributed by atoms with Crippen molar-refractivity contribution in [3.05, 3.63) is 54.0 Å². The third-order valence-corrected chi connectivity index (χ3v) is 3.09. The summed E-state index contributed by atoms with van der Waals surface area (Å²) < 4.78 is 0. The molecule has 0 radical (unpaired) electrons. The zero-order chi connectivity index (χ0) is 14.8. The summed E-state index contributed by atoms with van der Waals surface area (Å²) in [6.45, 7) is 1.50. The van der Waals surface area contributed by atoms with Crippen LogP contribution >= 0.6 is 0 Å². The van der Waals surface area contributed by atoms with Gasteiger partial charge in [0.15, 0.2) is 11.4 Å². The van der Waals surface area contributed by atoms with Crippen LogP contribution in [0.2, 0.25) is 0 Å². The Morgan fingerprint density at radius 3 is 2.57 bits per heavy atom. The number of nitrogens with zero attached hydrogens (tertiary/aromatic N) is 2. The lowest BCUT2D eigenvalue weighted by Gasteiger charge is -2.05. The molecule has 0 fully saturated rings. The van der Waals surface area contributed by atoms with Gasteiger partial charge in [0, 0.05) is 17.4 Å². The number of rotatable bonds is 3. The van der Waals surface area contributed by atoms with Crippen LogP contribution in [0, 0.1) is 0 Å². The second-order valence-corrected chi connectivity index (χ2v) is 4.59. The quantitative estimate of drug-likeness (QED) is 0.721. The van der Waals surface area contributed by atoms with Gasteiger partial charge in [-0.05, 0) is 37.3 Å². The molecule has 3 aromatic rings. The average Bonchev–Trinajstić information content (AvgIpc) is 2.95. The molecule has 1 aromatic carbocycles. The molecule has 104 valence electrons. The fraction of sp³-hybridized carbons (Fsp3) is 0.0667. The number of hydrogen-bond donors (Lipinski definition) is 2. The highest BCUT2D eigenvalue weighted by atomic mass is 16.1. The normalized spacial score (nSPS) is 10.5. The summed E-state index contributed by atoms with van der Waals surface area (Å²) in [5.41, 5.74) is 2.93. The largest absolute Gasteiger partial charge is 0.343 e. The number of amides is 1. The molecular formula is C15H12N4O2. The van der Waals surface area contributed by atoms with E-state index in [0.29, 0.717) is 28.0 Å². The Hall–Kier alpha value is -3.02. The number of Topliss-reactive ketones (excluding diaryl/α,β-unsaturated/α-hetero) is 1. The molecule has 1 amide bonds. The molecule has 0 spiro atoms. The van der Waals surface area contributed by atoms with Crippen molar-refractivity contribution in [1.29, 1.82) is 0 Å². The smallest absolute Gasteiger partial charge is 0.257 e. The van der Waals surface area contributed by atoms with Gasteiger partial charge in [0.2, 0.25) is 0 Å². The third kappa shape index (κ3) is 2.64. The number of imidazole rings is 1. The fourth-order valence-corrected chi connectivity index (χ4v) is 1.95. The first-order chi connectivity index (χ1) is 10.1. The molecule has 0 bridgehead atoms. The number of fused-ring (bicyclic) bond motifs is 1. The molecule has 21 heavy (non-hydrogen) atoms. The number of carbonyl (C=O) groups is 2. The minimum absolute atomic E-state index is 0.0122. The Morgan fingerprint density at radius 2 is 1.86 bits per heavy atom. The van der Waals surface area contributed by atoms with E-state index in [-0.39, 0.29) is 11.7 Å². The van der Waals surface area contributed by atoms with Crippen LogP contribution in [-0.2, 0) is 0 Å². The van der Waals surface area contributed by atoms with Crippen molar-refractivity contribution in [1.82, 2.24) is 15.0 Å². The number of hydrogen-bond acceptors (Lipinski definition) is 4. The number of nitrogens with one attached hydrogen (secondary N) is 2. The molecule has 2 heterocycles. The number of pyridine rings is 1. The minimum atomic E-state index is -0.269. The van der Waals surface area contributed by atoms with Crippen molar-refractivity contribution in [3.63, 3.8) is 0 Å². The van der Waals surface area contributed by atoms with E-state index in [1.165, 1.54) is 19.4 Å². The van der Waals surface area contributed by atoms with Crippen molar-refractivity contribution in [2.45, 2.75) is 6.92 Å². The van der Waals surface area contributed by atoms with E-state index >= 15 is 0 Å². The lowest BCUT2D eigenvalue weighted by Crippen LogP contribution is -2.12. The maximum absolute atomic E-state index is 12.1. The molecule has 0 aliphatic carbocycles. The number of aromatic amines is 1. The van der Waals surface area contributed by atoms with Crippen molar-refractivity contribution in [2.75, 3.05) is 5.32 Å². The molecule has 0 saturated carbocycles. The van der Waals surface area contributed by atoms with E-state index in [0.717, 1.165) is 0 Å². The number of H-pyrrole nitrogens is 1. The predicted molar refractivity (Wildman–Crippen MR) is 78.3 cm³/mol. The highest BCUT2D eigenvalue weighted by Gasteiger charge is 2.09. The SMILES string of the molecule is CC(=O)c1ccc(NC(=O)c2cnc3nc[nH]c3c2)cc1. The fourth-order valence-electron chi connectivity index (χ4n) is 1.95. The number of ketones is 1. The molecule has 0 unspecified atom stereocenters. The van der Waals surface area contributed by atoms with Crippen LogP contribution in [-0.4, -0.2) is 26.6 Å². The second-order valence-electron chi connectivity index (χ2n) is 4.59. The van der Waals surface area contributed by atoms with Gasteiger partial charge in [-0.1, -0.05) is 0 Å². The molecule has 0 saturated heterocycles. The third-order valence-electron chi connectivity index (χ3n) is 3.09. The van der Waals surface area contributed by atoms with Gasteiger partial charge >= 0.3 is 0 Å². The van der Waals surface area contributed by atoms with E-state index in [1.54, 1.807) is 30.3 Å². The molecule has 0 aliphatic heterocycles. The summed E-state index contributed by atoms with van der Waals surface area (Å²) in [5, 5.41) is 2.76. The van der Waals surface area contributed by atoms with Crippen LogP contribution in [0.3, 0.4) is 0 Å². The summed E-state index contributed by atoms with van der Waals surface area (Å²) in [6, 6.07) is 8.42. The van der Waals surface area contributed by atoms with Crippen molar-refractivity contribution in [2.24, 2.45) is 0 Å². The lowest BCUT2D eigenvalue weighted by molar-refractivity contribution is 0.101. The molecule has 6 heteroatoms. The Balaban J connectivity index is 1.80. The van der Waals surface area contributed by atoms with E-state index in [2.05, 4.69) is 20.3 Å². The first-order valence-corrected chi connectivity index (χ1v) is 6.35. The van der Waals surface area contributed by atoms with Crippen molar-refractivity contribution >= 4 is 28.5 Å². The number of aromatic nitrogens is 3. The number of carbonyl (C=O) groups excluding carboxylic acids is 2. The molecule has 3 rings (SSSR count). The van der Waals surface area contributed by atoms with Crippen LogP contribution in [0.5, 0.6) is 0 Å². The number of anilines is 1. The van der Waals surface area contributed by atoms with Crippen molar-refractivity contribution in [3.8, 4) is 0 Å². The molecular weight excluding hydrogens is 268 g/mol. The van der Waals surface area contributed by atoms with Gasteiger partial charge in [-0.2, -0.15) is 0 Å². The van der Waals surface area contributed by atoms with Crippen LogP contribution in [0.15, 0.2) is 42.9 Å². The standard InChI is InChI=1S/C15H12N4O2/c1-9(20)10-2-4-12(5-3-10)19-15(21)11-6-13-14(16-7-11)18-8-17-13/h2-8H,1H3,(H,19,21)(H,16,17,18). The van der Waals surface area contributed by atoms with Gasteiger partial charge in [0.1, 0.15) is 0 Å². The molecule has 6 nitrogen and oxygen atoms in total. The summed E-state index contributed by atoms with van der Waals surface area (Å²) in [4.78, 5) is 34.3. The Bertz CT molecular complexity index is 821. The van der Waals surface area contributed by atoms with Gasteiger partial charge in [0.25, 0.3) is 5.91 Å². The predicted octanol–water partition coefficient (Wildman–Crippen LogP) is 2.41. The number of benzene rings is 1. The molecule has 0 atom stereocenters. The van der Waals surface area contributed by atoms with Gasteiger partial charge < -0.3 is 10.3 Å². The van der Waals surface area contributed by atoms with Crippen LogP contribution < -0.4 is 5.32 Å². The summed E-state index contributed by atoms with van der Waals surface area (Å²) in [7, 11) is 0. The molecule has 2 aromatic heterocycles. The maximum Gasteiger partial charge on any atom is 0.257 e.